The van der Waals surface area contributed by atoms with Gasteiger partial charge in [0.25, 0.3) is 0 Å². The van der Waals surface area contributed by atoms with Crippen molar-refractivity contribution in [2.24, 2.45) is 0 Å². The Morgan fingerprint density at radius 3 is 2.04 bits per heavy atom. The van der Waals surface area contributed by atoms with Gasteiger partial charge in [0.1, 0.15) is 0 Å². The van der Waals surface area contributed by atoms with Crippen molar-refractivity contribution in [3.8, 4) is 0 Å². The number of unbranched alkanes of at least 4 members (excludes halogenated alkanes) is 11. The molecule has 1 aliphatic rings. The van der Waals surface area contributed by atoms with Gasteiger partial charge >= 0.3 is 0 Å². The molecule has 0 radical (unpaired) electrons. The molecule has 26 heavy (non-hydrogen) atoms. The Labute approximate surface area is 161 Å². The molecule has 6 heteroatoms. The van der Waals surface area contributed by atoms with Crippen LogP contribution in [0, 0.1) is 0 Å². The summed E-state index contributed by atoms with van der Waals surface area (Å²) in [6.45, 7) is 2.90. The predicted molar refractivity (Wildman–Crippen MR) is 109 cm³/mol. The van der Waals surface area contributed by atoms with E-state index in [1.54, 1.807) is 0 Å². The zero-order valence-corrected chi connectivity index (χ0v) is 17.5. The van der Waals surface area contributed by atoms with Gasteiger partial charge in [-0.2, -0.15) is 0 Å². The summed E-state index contributed by atoms with van der Waals surface area (Å²) in [4.78, 5) is 11.5. The predicted octanol–water partition coefficient (Wildman–Crippen LogP) is 4.28. The van der Waals surface area contributed by atoms with E-state index < -0.39 is 10.0 Å². The second kappa shape index (κ2) is 14.4. The lowest BCUT2D eigenvalue weighted by Gasteiger charge is -2.15. The fraction of sp³-hybridized carbons (Fsp3) is 0.950. The summed E-state index contributed by atoms with van der Waals surface area (Å²) in [5, 5.41) is 2.78. The third-order valence-electron chi connectivity index (χ3n) is 5.10. The normalized spacial score (nSPS) is 18.5. The van der Waals surface area contributed by atoms with E-state index in [0.717, 1.165) is 25.7 Å². The highest BCUT2D eigenvalue weighted by molar-refractivity contribution is 7.89. The first-order valence-corrected chi connectivity index (χ1v) is 12.5. The Hall–Kier alpha value is -0.620. The molecule has 0 aromatic carbocycles. The zero-order valence-electron chi connectivity index (χ0n) is 16.7. The minimum absolute atomic E-state index is 0.0550. The van der Waals surface area contributed by atoms with E-state index in [-0.39, 0.29) is 24.1 Å². The van der Waals surface area contributed by atoms with Crippen LogP contribution in [0.1, 0.15) is 103 Å². The summed E-state index contributed by atoms with van der Waals surface area (Å²) in [6, 6.07) is -0.236. The van der Waals surface area contributed by atoms with E-state index in [0.29, 0.717) is 13.0 Å². The average Bonchev–Trinajstić information content (AvgIpc) is 2.79. The van der Waals surface area contributed by atoms with E-state index in [9.17, 15) is 13.2 Å². The molecule has 154 valence electrons. The van der Waals surface area contributed by atoms with Crippen LogP contribution in [0.5, 0.6) is 0 Å². The number of hydrogen-bond donors (Lipinski definition) is 2. The molecule has 0 spiro atoms. The van der Waals surface area contributed by atoms with Crippen LogP contribution in [0.2, 0.25) is 0 Å². The molecule has 2 N–H and O–H groups in total. The summed E-state index contributed by atoms with van der Waals surface area (Å²) >= 11 is 0. The Kier molecular flexibility index (Phi) is 13.0. The average molecular weight is 389 g/mol. The minimum Gasteiger partial charge on any atom is -0.356 e. The van der Waals surface area contributed by atoms with Gasteiger partial charge in [-0.25, -0.2) is 13.1 Å². The van der Waals surface area contributed by atoms with E-state index in [4.69, 9.17) is 0 Å². The number of rotatable bonds is 15. The molecule has 1 rings (SSSR count). The van der Waals surface area contributed by atoms with Crippen LogP contribution in [0.25, 0.3) is 0 Å². The monoisotopic (exact) mass is 388 g/mol. The van der Waals surface area contributed by atoms with Crippen molar-refractivity contribution in [3.63, 3.8) is 0 Å². The highest BCUT2D eigenvalue weighted by atomic mass is 32.2. The molecule has 0 aromatic rings. The van der Waals surface area contributed by atoms with Crippen molar-refractivity contribution >= 4 is 15.9 Å². The van der Waals surface area contributed by atoms with Crippen LogP contribution in [0.3, 0.4) is 0 Å². The molecule has 1 aliphatic heterocycles. The molecular formula is C20H40N2O3S. The molecule has 0 aliphatic carbocycles. The molecule has 1 fully saturated rings. The van der Waals surface area contributed by atoms with Crippen molar-refractivity contribution in [2.75, 3.05) is 12.3 Å². The third-order valence-corrected chi connectivity index (χ3v) is 6.61. The number of carbonyl (C=O) groups excluding carboxylic acids is 1. The number of sulfonamides is 1. The lowest BCUT2D eigenvalue weighted by molar-refractivity contribution is -0.121. The van der Waals surface area contributed by atoms with Crippen molar-refractivity contribution in [1.29, 1.82) is 0 Å². The van der Waals surface area contributed by atoms with Crippen LogP contribution in [-0.4, -0.2) is 32.7 Å². The molecule has 0 unspecified atom stereocenters. The van der Waals surface area contributed by atoms with Gasteiger partial charge in [0, 0.05) is 19.0 Å². The smallest absolute Gasteiger partial charge is 0.221 e. The van der Waals surface area contributed by atoms with E-state index in [1.807, 2.05) is 0 Å². The first-order chi connectivity index (χ1) is 12.5. The first kappa shape index (κ1) is 23.4. The molecule has 0 aromatic heterocycles. The Morgan fingerprint density at radius 2 is 1.46 bits per heavy atom. The van der Waals surface area contributed by atoms with E-state index >= 15 is 0 Å². The van der Waals surface area contributed by atoms with Gasteiger partial charge in [0.05, 0.1) is 5.75 Å². The minimum atomic E-state index is -3.26. The molecular weight excluding hydrogens is 348 g/mol. The maximum Gasteiger partial charge on any atom is 0.221 e. The lowest BCUT2D eigenvalue weighted by Crippen LogP contribution is -2.38. The van der Waals surface area contributed by atoms with Crippen molar-refractivity contribution in [3.05, 3.63) is 0 Å². The standard InChI is InChI=1S/C20H40N2O3S/c1-2-3-4-5-6-7-8-9-10-11-12-13-17-26(24,25)22-19-15-14-16-21-20(23)18-19/h19,22H,2-18H2,1H3,(H,21,23)/t19-/m0/s1. The SMILES string of the molecule is CCCCCCCCCCCCCCS(=O)(=O)N[C@H]1CCCNC(=O)C1. The van der Waals surface area contributed by atoms with E-state index in [1.165, 1.54) is 57.8 Å². The van der Waals surface area contributed by atoms with Crippen LogP contribution in [-0.2, 0) is 14.8 Å². The van der Waals surface area contributed by atoms with Crippen molar-refractivity contribution < 1.29 is 13.2 Å². The second-order valence-corrected chi connectivity index (χ2v) is 9.59. The van der Waals surface area contributed by atoms with Crippen LogP contribution < -0.4 is 10.0 Å². The van der Waals surface area contributed by atoms with Crippen LogP contribution in [0.15, 0.2) is 0 Å². The molecule has 1 amide bonds. The maximum atomic E-state index is 12.2. The number of hydrogen-bond acceptors (Lipinski definition) is 3. The molecule has 0 bridgehead atoms. The van der Waals surface area contributed by atoms with Gasteiger partial charge < -0.3 is 5.32 Å². The summed E-state index contributed by atoms with van der Waals surface area (Å²) < 4.78 is 27.0. The topological polar surface area (TPSA) is 75.3 Å². The highest BCUT2D eigenvalue weighted by Crippen LogP contribution is 2.13. The van der Waals surface area contributed by atoms with Gasteiger partial charge in [-0.05, 0) is 19.3 Å². The van der Waals surface area contributed by atoms with Gasteiger partial charge in [0.15, 0.2) is 0 Å². The lowest BCUT2D eigenvalue weighted by atomic mass is 10.1. The molecule has 5 nitrogen and oxygen atoms in total. The zero-order chi connectivity index (χ0) is 19.1. The summed E-state index contributed by atoms with van der Waals surface area (Å²) in [6.07, 6.45) is 16.6. The number of nitrogens with one attached hydrogen (secondary N) is 2. The first-order valence-electron chi connectivity index (χ1n) is 10.8. The number of carbonyl (C=O) groups is 1. The Bertz CT molecular complexity index is 466. The fourth-order valence-electron chi connectivity index (χ4n) is 3.52. The largest absolute Gasteiger partial charge is 0.356 e. The molecule has 1 heterocycles. The van der Waals surface area contributed by atoms with Gasteiger partial charge in [-0.1, -0.05) is 77.6 Å². The quantitative estimate of drug-likeness (QED) is 0.411. The molecule has 0 saturated carbocycles. The van der Waals surface area contributed by atoms with Crippen molar-refractivity contribution in [1.82, 2.24) is 10.0 Å². The van der Waals surface area contributed by atoms with Gasteiger partial charge in [-0.3, -0.25) is 4.79 Å². The highest BCUT2D eigenvalue weighted by Gasteiger charge is 2.22. The summed E-state index contributed by atoms with van der Waals surface area (Å²) in [5.74, 6) is 0.128. The Balaban J connectivity index is 1.98. The fourth-order valence-corrected chi connectivity index (χ4v) is 4.93. The van der Waals surface area contributed by atoms with Crippen LogP contribution >= 0.6 is 0 Å². The maximum absolute atomic E-state index is 12.2. The van der Waals surface area contributed by atoms with Crippen LogP contribution in [0.4, 0.5) is 0 Å². The number of amides is 1. The third kappa shape index (κ3) is 12.7. The second-order valence-electron chi connectivity index (χ2n) is 7.72. The summed E-state index contributed by atoms with van der Waals surface area (Å²) in [5.41, 5.74) is 0. The summed E-state index contributed by atoms with van der Waals surface area (Å²) in [7, 11) is -3.26. The van der Waals surface area contributed by atoms with Gasteiger partial charge in [-0.15, -0.1) is 0 Å². The molecule has 1 saturated heterocycles. The van der Waals surface area contributed by atoms with Crippen molar-refractivity contribution in [2.45, 2.75) is 109 Å². The molecule has 1 atom stereocenters. The Morgan fingerprint density at radius 1 is 0.923 bits per heavy atom. The van der Waals surface area contributed by atoms with E-state index in [2.05, 4.69) is 17.0 Å². The van der Waals surface area contributed by atoms with Gasteiger partial charge in [0.2, 0.25) is 15.9 Å².